The zero-order chi connectivity index (χ0) is 22.6. The van der Waals surface area contributed by atoms with E-state index in [4.69, 9.17) is 0 Å². The number of aromatic nitrogens is 4. The number of hydrogen-bond acceptors (Lipinski definition) is 4. The van der Waals surface area contributed by atoms with Crippen LogP contribution in [0.5, 0.6) is 0 Å². The molecule has 0 amide bonds. The minimum absolute atomic E-state index is 0.0676. The van der Waals surface area contributed by atoms with Gasteiger partial charge in [0.25, 0.3) is 0 Å². The van der Waals surface area contributed by atoms with Crippen molar-refractivity contribution < 1.29 is 0 Å². The summed E-state index contributed by atoms with van der Waals surface area (Å²) in [7, 11) is 0. The monoisotopic (exact) mass is 422 g/mol. The summed E-state index contributed by atoms with van der Waals surface area (Å²) in [5.41, 5.74) is 6.30. The summed E-state index contributed by atoms with van der Waals surface area (Å²) in [4.78, 5) is 18.3. The summed E-state index contributed by atoms with van der Waals surface area (Å²) >= 11 is 0. The lowest BCUT2D eigenvalue weighted by molar-refractivity contribution is 0.514. The maximum atomic E-state index is 4.65. The van der Waals surface area contributed by atoms with Crippen molar-refractivity contribution >= 4 is 0 Å². The fourth-order valence-corrected chi connectivity index (χ4v) is 4.10. The maximum Gasteiger partial charge on any atom is 0.0889 e. The molecule has 0 unspecified atom stereocenters. The number of nitrogens with zero attached hydrogens (tertiary/aromatic N) is 4. The van der Waals surface area contributed by atoms with Gasteiger partial charge in [-0.2, -0.15) is 0 Å². The van der Waals surface area contributed by atoms with Crippen LogP contribution in [0.2, 0.25) is 0 Å². The Balaban J connectivity index is 1.61. The van der Waals surface area contributed by atoms with Gasteiger partial charge in [-0.3, -0.25) is 19.9 Å². The summed E-state index contributed by atoms with van der Waals surface area (Å²) in [6, 6.07) is 20.7. The highest BCUT2D eigenvalue weighted by Crippen LogP contribution is 2.32. The molecule has 0 fully saturated rings. The van der Waals surface area contributed by atoms with E-state index in [0.29, 0.717) is 0 Å². The van der Waals surface area contributed by atoms with Crippen LogP contribution in [-0.4, -0.2) is 19.9 Å². The molecular weight excluding hydrogens is 392 g/mol. The van der Waals surface area contributed by atoms with Gasteiger partial charge in [-0.1, -0.05) is 39.8 Å². The summed E-state index contributed by atoms with van der Waals surface area (Å²) in [6.07, 6.45) is 9.21. The first-order valence-electron chi connectivity index (χ1n) is 11.1. The summed E-state index contributed by atoms with van der Waals surface area (Å²) in [5, 5.41) is 0. The second-order valence-electron chi connectivity index (χ2n) is 9.62. The normalized spacial score (nSPS) is 12.0. The van der Waals surface area contributed by atoms with Crippen LogP contribution in [0, 0.1) is 0 Å². The van der Waals surface area contributed by atoms with Gasteiger partial charge >= 0.3 is 0 Å². The van der Waals surface area contributed by atoms with E-state index in [-0.39, 0.29) is 10.8 Å². The Hall–Kier alpha value is -3.40. The Kier molecular flexibility index (Phi) is 6.13. The second-order valence-corrected chi connectivity index (χ2v) is 9.62. The quantitative estimate of drug-likeness (QED) is 0.368. The summed E-state index contributed by atoms with van der Waals surface area (Å²) in [6.45, 7) is 9.00. The minimum atomic E-state index is -0.0676. The fraction of sp³-hybridized carbons (Fsp3) is 0.286. The minimum Gasteiger partial charge on any atom is -0.261 e. The highest BCUT2D eigenvalue weighted by molar-refractivity contribution is 5.57. The van der Waals surface area contributed by atoms with Gasteiger partial charge in [0.1, 0.15) is 0 Å². The first kappa shape index (κ1) is 21.8. The molecule has 4 nitrogen and oxygen atoms in total. The third-order valence-electron chi connectivity index (χ3n) is 6.04. The molecule has 4 aromatic rings. The zero-order valence-corrected chi connectivity index (χ0v) is 19.3. The van der Waals surface area contributed by atoms with E-state index in [9.17, 15) is 0 Å². The smallest absolute Gasteiger partial charge is 0.0889 e. The highest BCUT2D eigenvalue weighted by Gasteiger charge is 2.25. The van der Waals surface area contributed by atoms with Gasteiger partial charge in [-0.25, -0.2) is 0 Å². The lowest BCUT2D eigenvalue weighted by atomic mass is 9.79. The molecule has 0 aliphatic carbocycles. The van der Waals surface area contributed by atoms with Crippen LogP contribution < -0.4 is 0 Å². The van der Waals surface area contributed by atoms with Crippen molar-refractivity contribution in [3.8, 4) is 11.4 Å². The van der Waals surface area contributed by atoms with Crippen molar-refractivity contribution in [2.75, 3.05) is 0 Å². The Morgan fingerprint density at radius 1 is 0.531 bits per heavy atom. The highest BCUT2D eigenvalue weighted by atomic mass is 14.8. The molecule has 0 saturated carbocycles. The predicted octanol–water partition coefficient (Wildman–Crippen LogP) is 5.97. The Morgan fingerprint density at radius 3 is 1.34 bits per heavy atom. The molecule has 0 aromatic carbocycles. The lowest BCUT2D eigenvalue weighted by Gasteiger charge is -2.26. The van der Waals surface area contributed by atoms with Crippen LogP contribution >= 0.6 is 0 Å². The maximum absolute atomic E-state index is 4.65. The largest absolute Gasteiger partial charge is 0.261 e. The average molecular weight is 423 g/mol. The molecule has 4 heteroatoms. The first-order valence-corrected chi connectivity index (χ1v) is 11.1. The van der Waals surface area contributed by atoms with Crippen molar-refractivity contribution in [3.63, 3.8) is 0 Å². The third-order valence-corrected chi connectivity index (χ3v) is 6.04. The molecule has 0 atom stereocenters. The van der Waals surface area contributed by atoms with Gasteiger partial charge in [0.05, 0.1) is 11.4 Å². The molecule has 0 radical (unpaired) electrons. The van der Waals surface area contributed by atoms with Gasteiger partial charge in [-0.15, -0.1) is 0 Å². The molecule has 32 heavy (non-hydrogen) atoms. The molecule has 0 aliphatic rings. The van der Waals surface area contributed by atoms with Crippen LogP contribution in [-0.2, 0) is 23.7 Å². The molecule has 0 N–H and O–H groups in total. The van der Waals surface area contributed by atoms with Crippen LogP contribution in [0.15, 0.2) is 85.5 Å². The van der Waals surface area contributed by atoms with Crippen LogP contribution in [0.25, 0.3) is 11.4 Å². The molecule has 4 heterocycles. The number of hydrogen-bond donors (Lipinski definition) is 0. The standard InChI is InChI=1S/C28H30N4/c1-27(2,19-23-9-5-7-13-29-23)21-11-15-31-25(17-21)26-18-22(12-16-32-26)28(3,4)20-24-10-6-8-14-30-24/h5-18H,19-20H2,1-4H3. The van der Waals surface area contributed by atoms with Crippen molar-refractivity contribution in [1.29, 1.82) is 0 Å². The Bertz CT molecular complexity index is 1070. The summed E-state index contributed by atoms with van der Waals surface area (Å²) < 4.78 is 0. The molecule has 4 rings (SSSR count). The SMILES string of the molecule is CC(C)(Cc1ccccn1)c1ccnc(-c2cc(C(C)(C)Cc3ccccn3)ccn2)c1. The van der Waals surface area contributed by atoms with Gasteiger partial charge in [0.15, 0.2) is 0 Å². The molecule has 0 aliphatic heterocycles. The second kappa shape index (κ2) is 8.99. The molecular formula is C28H30N4. The van der Waals surface area contributed by atoms with E-state index < -0.39 is 0 Å². The average Bonchev–Trinajstić information content (AvgIpc) is 2.80. The first-order chi connectivity index (χ1) is 15.3. The Morgan fingerprint density at radius 2 is 0.969 bits per heavy atom. The van der Waals surface area contributed by atoms with Gasteiger partial charge in [-0.05, 0) is 83.3 Å². The van der Waals surface area contributed by atoms with E-state index >= 15 is 0 Å². The van der Waals surface area contributed by atoms with E-state index in [1.54, 1.807) is 0 Å². The van der Waals surface area contributed by atoms with E-state index in [1.807, 2.05) is 49.1 Å². The van der Waals surface area contributed by atoms with Crippen LogP contribution in [0.3, 0.4) is 0 Å². The van der Waals surface area contributed by atoms with E-state index in [2.05, 4.69) is 84.0 Å². The predicted molar refractivity (Wildman–Crippen MR) is 129 cm³/mol. The van der Waals surface area contributed by atoms with Crippen molar-refractivity contribution in [3.05, 3.63) is 108 Å². The van der Waals surface area contributed by atoms with Gasteiger partial charge in [0.2, 0.25) is 0 Å². The van der Waals surface area contributed by atoms with Crippen molar-refractivity contribution in [2.45, 2.75) is 51.4 Å². The van der Waals surface area contributed by atoms with Crippen LogP contribution in [0.1, 0.15) is 50.2 Å². The Labute approximate surface area is 190 Å². The van der Waals surface area contributed by atoms with Crippen molar-refractivity contribution in [2.24, 2.45) is 0 Å². The zero-order valence-electron chi connectivity index (χ0n) is 19.3. The number of rotatable bonds is 7. The molecule has 0 saturated heterocycles. The molecule has 0 bridgehead atoms. The van der Waals surface area contributed by atoms with E-state index in [1.165, 1.54) is 11.1 Å². The molecule has 162 valence electrons. The number of pyridine rings is 4. The topological polar surface area (TPSA) is 51.6 Å². The molecule has 4 aromatic heterocycles. The molecule has 0 spiro atoms. The fourth-order valence-electron chi connectivity index (χ4n) is 4.10. The third kappa shape index (κ3) is 5.08. The van der Waals surface area contributed by atoms with Gasteiger partial charge in [0, 0.05) is 36.2 Å². The van der Waals surface area contributed by atoms with E-state index in [0.717, 1.165) is 35.6 Å². The summed E-state index contributed by atoms with van der Waals surface area (Å²) in [5.74, 6) is 0. The lowest BCUT2D eigenvalue weighted by Crippen LogP contribution is -2.22. The van der Waals surface area contributed by atoms with Gasteiger partial charge < -0.3 is 0 Å². The van der Waals surface area contributed by atoms with Crippen LogP contribution in [0.4, 0.5) is 0 Å². The van der Waals surface area contributed by atoms with Crippen molar-refractivity contribution in [1.82, 2.24) is 19.9 Å².